The van der Waals surface area contributed by atoms with Crippen molar-refractivity contribution in [3.05, 3.63) is 54.1 Å². The van der Waals surface area contributed by atoms with Crippen LogP contribution in [0.5, 0.6) is 5.75 Å². The van der Waals surface area contributed by atoms with E-state index < -0.39 is 0 Å². The average molecular weight is 270 g/mol. The van der Waals surface area contributed by atoms with Gasteiger partial charge in [-0.3, -0.25) is 0 Å². The minimum Gasteiger partial charge on any atom is -0.492 e. The number of nitrogens with one attached hydrogen (secondary N) is 1. The van der Waals surface area contributed by atoms with Crippen molar-refractivity contribution in [3.63, 3.8) is 0 Å². The van der Waals surface area contributed by atoms with Crippen LogP contribution in [0, 0.1) is 0 Å². The van der Waals surface area contributed by atoms with E-state index in [2.05, 4.69) is 29.6 Å². The lowest BCUT2D eigenvalue weighted by Gasteiger charge is -2.13. The average Bonchev–Trinajstić information content (AvgIpc) is 2.48. The molecule has 0 saturated heterocycles. The SMILES string of the molecule is CCOc1cccc(NCCCc2ccccc2)c1N. The van der Waals surface area contributed by atoms with Crippen molar-refractivity contribution in [1.82, 2.24) is 0 Å². The van der Waals surface area contributed by atoms with E-state index in [1.165, 1.54) is 5.56 Å². The molecule has 0 aromatic heterocycles. The van der Waals surface area contributed by atoms with Crippen LogP contribution in [0.3, 0.4) is 0 Å². The first-order chi connectivity index (χ1) is 9.81. The molecule has 0 atom stereocenters. The first-order valence-electron chi connectivity index (χ1n) is 7.10. The van der Waals surface area contributed by atoms with Gasteiger partial charge < -0.3 is 15.8 Å². The van der Waals surface area contributed by atoms with Crippen LogP contribution in [0.25, 0.3) is 0 Å². The Labute approximate surface area is 120 Å². The summed E-state index contributed by atoms with van der Waals surface area (Å²) in [6.07, 6.45) is 2.14. The Bertz CT molecular complexity index is 526. The molecule has 20 heavy (non-hydrogen) atoms. The van der Waals surface area contributed by atoms with Gasteiger partial charge in [0, 0.05) is 6.54 Å². The van der Waals surface area contributed by atoms with Crippen molar-refractivity contribution in [3.8, 4) is 5.75 Å². The summed E-state index contributed by atoms with van der Waals surface area (Å²) in [7, 11) is 0. The molecule has 0 amide bonds. The van der Waals surface area contributed by atoms with E-state index in [1.54, 1.807) is 0 Å². The number of para-hydroxylation sites is 1. The van der Waals surface area contributed by atoms with Gasteiger partial charge >= 0.3 is 0 Å². The van der Waals surface area contributed by atoms with Crippen LogP contribution in [0.2, 0.25) is 0 Å². The number of anilines is 2. The third-order valence-electron chi connectivity index (χ3n) is 3.17. The summed E-state index contributed by atoms with van der Waals surface area (Å²) in [6.45, 7) is 3.48. The topological polar surface area (TPSA) is 47.3 Å². The van der Waals surface area contributed by atoms with Crippen LogP contribution < -0.4 is 15.8 Å². The normalized spacial score (nSPS) is 10.2. The molecule has 3 nitrogen and oxygen atoms in total. The van der Waals surface area contributed by atoms with Crippen LogP contribution in [0.1, 0.15) is 18.9 Å². The molecule has 2 aromatic carbocycles. The zero-order valence-corrected chi connectivity index (χ0v) is 11.9. The van der Waals surface area contributed by atoms with E-state index in [0.29, 0.717) is 12.3 Å². The molecule has 0 aliphatic carbocycles. The third kappa shape index (κ3) is 3.92. The number of benzene rings is 2. The van der Waals surface area contributed by atoms with E-state index in [1.807, 2.05) is 31.2 Å². The van der Waals surface area contributed by atoms with Crippen molar-refractivity contribution in [2.24, 2.45) is 0 Å². The number of aryl methyl sites for hydroxylation is 1. The van der Waals surface area contributed by atoms with Gasteiger partial charge in [0.05, 0.1) is 18.0 Å². The minimum atomic E-state index is 0.627. The summed E-state index contributed by atoms with van der Waals surface area (Å²) >= 11 is 0. The minimum absolute atomic E-state index is 0.627. The number of rotatable bonds is 7. The molecule has 0 heterocycles. The second kappa shape index (κ2) is 7.43. The van der Waals surface area contributed by atoms with Crippen molar-refractivity contribution < 1.29 is 4.74 Å². The van der Waals surface area contributed by atoms with Crippen LogP contribution in [0.4, 0.5) is 11.4 Å². The Morgan fingerprint density at radius 2 is 1.85 bits per heavy atom. The van der Waals surface area contributed by atoms with Gasteiger partial charge in [0.15, 0.2) is 0 Å². The molecule has 2 aromatic rings. The summed E-state index contributed by atoms with van der Waals surface area (Å²) in [4.78, 5) is 0. The lowest BCUT2D eigenvalue weighted by molar-refractivity contribution is 0.342. The van der Waals surface area contributed by atoms with Crippen molar-refractivity contribution in [2.45, 2.75) is 19.8 Å². The Kier molecular flexibility index (Phi) is 5.30. The van der Waals surface area contributed by atoms with Gasteiger partial charge in [-0.05, 0) is 37.5 Å². The maximum absolute atomic E-state index is 6.08. The van der Waals surface area contributed by atoms with Crippen LogP contribution in [0.15, 0.2) is 48.5 Å². The van der Waals surface area contributed by atoms with Crippen molar-refractivity contribution >= 4 is 11.4 Å². The lowest BCUT2D eigenvalue weighted by atomic mass is 10.1. The lowest BCUT2D eigenvalue weighted by Crippen LogP contribution is -2.06. The van der Waals surface area contributed by atoms with Crippen molar-refractivity contribution in [1.29, 1.82) is 0 Å². The molecule has 0 unspecified atom stereocenters. The molecule has 3 heteroatoms. The molecule has 2 rings (SSSR count). The summed E-state index contributed by atoms with van der Waals surface area (Å²) < 4.78 is 5.49. The van der Waals surface area contributed by atoms with E-state index in [0.717, 1.165) is 30.8 Å². The molecule has 0 aliphatic rings. The summed E-state index contributed by atoms with van der Waals surface area (Å²) in [6, 6.07) is 16.4. The maximum atomic E-state index is 6.08. The molecule has 0 bridgehead atoms. The molecule has 0 saturated carbocycles. The molecule has 3 N–H and O–H groups in total. The van der Waals surface area contributed by atoms with Crippen LogP contribution in [-0.2, 0) is 6.42 Å². The van der Waals surface area contributed by atoms with E-state index >= 15 is 0 Å². The standard InChI is InChI=1S/C17H22N2O/c1-2-20-16-12-6-11-15(17(16)18)19-13-7-10-14-8-4-3-5-9-14/h3-6,8-9,11-12,19H,2,7,10,13,18H2,1H3. The van der Waals surface area contributed by atoms with Gasteiger partial charge in [0.1, 0.15) is 5.75 Å². The van der Waals surface area contributed by atoms with Crippen LogP contribution >= 0.6 is 0 Å². The van der Waals surface area contributed by atoms with E-state index in [9.17, 15) is 0 Å². The van der Waals surface area contributed by atoms with E-state index in [-0.39, 0.29) is 0 Å². The number of ether oxygens (including phenoxy) is 1. The summed E-state index contributed by atoms with van der Waals surface area (Å²) in [5, 5.41) is 3.38. The van der Waals surface area contributed by atoms with Gasteiger partial charge in [-0.25, -0.2) is 0 Å². The number of nitrogen functional groups attached to an aromatic ring is 1. The van der Waals surface area contributed by atoms with Gasteiger partial charge in [-0.15, -0.1) is 0 Å². The molecular formula is C17H22N2O. The van der Waals surface area contributed by atoms with Crippen LogP contribution in [-0.4, -0.2) is 13.2 Å². The molecule has 0 fully saturated rings. The highest BCUT2D eigenvalue weighted by Crippen LogP contribution is 2.29. The number of hydrogen-bond acceptors (Lipinski definition) is 3. The van der Waals surface area contributed by atoms with Crippen molar-refractivity contribution in [2.75, 3.05) is 24.2 Å². The second-order valence-corrected chi connectivity index (χ2v) is 4.67. The fourth-order valence-corrected chi connectivity index (χ4v) is 2.14. The summed E-state index contributed by atoms with van der Waals surface area (Å²) in [5.41, 5.74) is 9.08. The first-order valence-corrected chi connectivity index (χ1v) is 7.10. The van der Waals surface area contributed by atoms with Gasteiger partial charge in [0.25, 0.3) is 0 Å². The Morgan fingerprint density at radius 3 is 2.60 bits per heavy atom. The van der Waals surface area contributed by atoms with Gasteiger partial charge in [-0.1, -0.05) is 36.4 Å². The molecule has 106 valence electrons. The predicted octanol–water partition coefficient (Wildman–Crippen LogP) is 3.71. The molecule has 0 spiro atoms. The maximum Gasteiger partial charge on any atom is 0.144 e. The van der Waals surface area contributed by atoms with E-state index in [4.69, 9.17) is 10.5 Å². The number of nitrogens with two attached hydrogens (primary N) is 1. The third-order valence-corrected chi connectivity index (χ3v) is 3.17. The quantitative estimate of drug-likeness (QED) is 0.595. The predicted molar refractivity (Wildman–Crippen MR) is 85.3 cm³/mol. The summed E-state index contributed by atoms with van der Waals surface area (Å²) in [5.74, 6) is 0.751. The largest absolute Gasteiger partial charge is 0.492 e. The molecule has 0 aliphatic heterocycles. The number of hydrogen-bond donors (Lipinski definition) is 2. The fraction of sp³-hybridized carbons (Fsp3) is 0.294. The monoisotopic (exact) mass is 270 g/mol. The highest BCUT2D eigenvalue weighted by atomic mass is 16.5. The first kappa shape index (κ1) is 14.3. The fourth-order valence-electron chi connectivity index (χ4n) is 2.14. The van der Waals surface area contributed by atoms with Gasteiger partial charge in [0.2, 0.25) is 0 Å². The Hall–Kier alpha value is -2.16. The smallest absolute Gasteiger partial charge is 0.144 e. The highest BCUT2D eigenvalue weighted by molar-refractivity contribution is 5.72. The second-order valence-electron chi connectivity index (χ2n) is 4.67. The zero-order chi connectivity index (χ0) is 14.2. The zero-order valence-electron chi connectivity index (χ0n) is 11.9. The Balaban J connectivity index is 1.83. The highest BCUT2D eigenvalue weighted by Gasteiger charge is 2.04. The molecular weight excluding hydrogens is 248 g/mol. The van der Waals surface area contributed by atoms with Gasteiger partial charge in [-0.2, -0.15) is 0 Å². The molecule has 0 radical (unpaired) electrons. The Morgan fingerprint density at radius 1 is 1.05 bits per heavy atom.